The van der Waals surface area contributed by atoms with E-state index in [9.17, 15) is 19.6 Å². The van der Waals surface area contributed by atoms with Gasteiger partial charge in [-0.15, -0.1) is 0 Å². The van der Waals surface area contributed by atoms with E-state index in [0.717, 1.165) is 10.0 Å². The van der Waals surface area contributed by atoms with Crippen molar-refractivity contribution in [3.63, 3.8) is 0 Å². The van der Waals surface area contributed by atoms with E-state index < -0.39 is 17.1 Å². The molecular formula is C28H22BrN3O4S. The highest BCUT2D eigenvalue weighted by atomic mass is 79.9. The maximum atomic E-state index is 13.5. The highest BCUT2D eigenvalue weighted by molar-refractivity contribution is 9.10. The largest absolute Gasteiger partial charge is 0.462 e. The van der Waals surface area contributed by atoms with Crippen LogP contribution in [0.2, 0.25) is 0 Å². The van der Waals surface area contributed by atoms with Gasteiger partial charge in [0.2, 0.25) is 5.91 Å². The predicted octanol–water partition coefficient (Wildman–Crippen LogP) is 5.69. The van der Waals surface area contributed by atoms with Crippen LogP contribution in [0.15, 0.2) is 93.9 Å². The zero-order valence-electron chi connectivity index (χ0n) is 19.8. The molecule has 7 nitrogen and oxygen atoms in total. The quantitative estimate of drug-likeness (QED) is 0.221. The van der Waals surface area contributed by atoms with Gasteiger partial charge in [0.15, 0.2) is 0 Å². The fourth-order valence-electron chi connectivity index (χ4n) is 3.73. The molecule has 186 valence electrons. The summed E-state index contributed by atoms with van der Waals surface area (Å²) in [6.45, 7) is 1.98. The number of para-hydroxylation sites is 1. The summed E-state index contributed by atoms with van der Waals surface area (Å²) in [4.78, 5) is 40.0. The molecule has 0 spiro atoms. The van der Waals surface area contributed by atoms with E-state index in [-0.39, 0.29) is 23.1 Å². The van der Waals surface area contributed by atoms with Crippen LogP contribution in [-0.2, 0) is 20.7 Å². The Bertz CT molecular complexity index is 1380. The lowest BCUT2D eigenvalue weighted by Gasteiger charge is -2.18. The summed E-state index contributed by atoms with van der Waals surface area (Å²) in [5, 5.41) is 12.5. The molecule has 0 aromatic heterocycles. The number of carbonyl (C=O) groups excluding carboxylic acids is 3. The molecular weight excluding hydrogens is 554 g/mol. The van der Waals surface area contributed by atoms with Crippen LogP contribution < -0.4 is 10.2 Å². The van der Waals surface area contributed by atoms with Crippen molar-refractivity contribution in [1.29, 1.82) is 5.26 Å². The number of nitrogens with one attached hydrogen (secondary N) is 1. The zero-order chi connectivity index (χ0) is 26.4. The predicted molar refractivity (Wildman–Crippen MR) is 147 cm³/mol. The molecule has 4 rings (SSSR count). The summed E-state index contributed by atoms with van der Waals surface area (Å²) in [6.07, 6.45) is 0.444. The lowest BCUT2D eigenvalue weighted by atomic mass is 10.1. The lowest BCUT2D eigenvalue weighted by molar-refractivity contribution is -0.117. The number of ether oxygens (including phenoxy) is 1. The van der Waals surface area contributed by atoms with Gasteiger partial charge in [-0.3, -0.25) is 14.5 Å². The van der Waals surface area contributed by atoms with E-state index in [2.05, 4.69) is 21.2 Å². The van der Waals surface area contributed by atoms with Crippen molar-refractivity contribution >= 4 is 56.9 Å². The molecule has 1 aliphatic heterocycles. The lowest BCUT2D eigenvalue weighted by Crippen LogP contribution is -2.30. The summed E-state index contributed by atoms with van der Waals surface area (Å²) in [5.74, 6) is -1.31. The summed E-state index contributed by atoms with van der Waals surface area (Å²) in [6, 6.07) is 24.8. The second-order valence-electron chi connectivity index (χ2n) is 7.99. The fraction of sp³-hybridized carbons (Fsp3) is 0.143. The number of halogens is 1. The number of benzene rings is 3. The minimum Gasteiger partial charge on any atom is -0.462 e. The first-order chi connectivity index (χ1) is 17.9. The van der Waals surface area contributed by atoms with Crippen molar-refractivity contribution in [2.45, 2.75) is 18.6 Å². The highest BCUT2D eigenvalue weighted by Crippen LogP contribution is 2.42. The molecule has 1 saturated heterocycles. The number of nitrogens with zero attached hydrogens (tertiary/aromatic N) is 2. The molecule has 2 amide bonds. The van der Waals surface area contributed by atoms with E-state index in [4.69, 9.17) is 4.74 Å². The van der Waals surface area contributed by atoms with E-state index in [1.165, 1.54) is 28.8 Å². The molecule has 0 radical (unpaired) electrons. The summed E-state index contributed by atoms with van der Waals surface area (Å²) < 4.78 is 5.91. The van der Waals surface area contributed by atoms with Gasteiger partial charge in [-0.25, -0.2) is 4.79 Å². The van der Waals surface area contributed by atoms with E-state index in [0.29, 0.717) is 23.4 Å². The Morgan fingerprint density at radius 3 is 2.35 bits per heavy atom. The first-order valence-corrected chi connectivity index (χ1v) is 13.1. The molecule has 3 aromatic rings. The molecule has 1 N–H and O–H groups in total. The van der Waals surface area contributed by atoms with Gasteiger partial charge in [0.05, 0.1) is 17.4 Å². The third-order valence-electron chi connectivity index (χ3n) is 5.51. The van der Waals surface area contributed by atoms with Crippen molar-refractivity contribution in [3.05, 3.63) is 105 Å². The van der Waals surface area contributed by atoms with Gasteiger partial charge in [0.25, 0.3) is 5.91 Å². The van der Waals surface area contributed by atoms with Crippen LogP contribution in [0.5, 0.6) is 0 Å². The molecule has 9 heteroatoms. The normalized spacial score (nSPS) is 16.2. The maximum absolute atomic E-state index is 13.5. The van der Waals surface area contributed by atoms with E-state index >= 15 is 0 Å². The van der Waals surface area contributed by atoms with Crippen molar-refractivity contribution < 1.29 is 19.1 Å². The zero-order valence-corrected chi connectivity index (χ0v) is 22.2. The third-order valence-corrected chi connectivity index (χ3v) is 7.30. The summed E-state index contributed by atoms with van der Waals surface area (Å²) in [7, 11) is 0. The number of thioether (sulfide) groups is 1. The number of rotatable bonds is 7. The van der Waals surface area contributed by atoms with Crippen LogP contribution in [-0.4, -0.2) is 29.6 Å². The van der Waals surface area contributed by atoms with Gasteiger partial charge in [0.1, 0.15) is 16.7 Å². The Morgan fingerprint density at radius 2 is 1.73 bits per heavy atom. The molecule has 1 atom stereocenters. The second kappa shape index (κ2) is 11.9. The summed E-state index contributed by atoms with van der Waals surface area (Å²) >= 11 is 4.62. The van der Waals surface area contributed by atoms with Crippen molar-refractivity contribution in [2.75, 3.05) is 16.8 Å². The third kappa shape index (κ3) is 6.10. The molecule has 37 heavy (non-hydrogen) atoms. The Balaban J connectivity index is 1.63. The smallest absolute Gasteiger partial charge is 0.338 e. The fourth-order valence-corrected chi connectivity index (χ4v) is 5.30. The molecule has 0 aliphatic carbocycles. The SMILES string of the molecule is CCOC(=O)c1ccc(NC(=O)/C(C#N)=C2\SC(Cc3ccc(Br)cc3)C(=O)N2c2ccccc2)cc1. The van der Waals surface area contributed by atoms with Gasteiger partial charge in [0, 0.05) is 15.8 Å². The summed E-state index contributed by atoms with van der Waals surface area (Å²) in [5.41, 5.74) is 2.12. The van der Waals surface area contributed by atoms with Crippen LogP contribution in [0.3, 0.4) is 0 Å². The number of hydrogen-bond donors (Lipinski definition) is 1. The van der Waals surface area contributed by atoms with Crippen molar-refractivity contribution in [3.8, 4) is 6.07 Å². The van der Waals surface area contributed by atoms with Crippen LogP contribution in [0, 0.1) is 11.3 Å². The molecule has 3 aromatic carbocycles. The van der Waals surface area contributed by atoms with Crippen LogP contribution in [0.1, 0.15) is 22.8 Å². The van der Waals surface area contributed by atoms with Crippen molar-refractivity contribution in [2.24, 2.45) is 0 Å². The number of hydrogen-bond acceptors (Lipinski definition) is 6. The molecule has 1 aliphatic rings. The molecule has 0 bridgehead atoms. The van der Waals surface area contributed by atoms with E-state index in [1.54, 1.807) is 43.3 Å². The van der Waals surface area contributed by atoms with Crippen LogP contribution in [0.25, 0.3) is 0 Å². The minimum absolute atomic E-state index is 0.171. The average Bonchev–Trinajstić information content (AvgIpc) is 3.22. The highest BCUT2D eigenvalue weighted by Gasteiger charge is 2.40. The molecule has 1 fully saturated rings. The van der Waals surface area contributed by atoms with Gasteiger partial charge in [-0.1, -0.05) is 58.0 Å². The Kier molecular flexibility index (Phi) is 8.43. The topological polar surface area (TPSA) is 99.5 Å². The average molecular weight is 576 g/mol. The number of carbonyl (C=O) groups is 3. The Morgan fingerprint density at radius 1 is 1.05 bits per heavy atom. The number of anilines is 2. The first kappa shape index (κ1) is 26.2. The second-order valence-corrected chi connectivity index (χ2v) is 10.1. The Labute approximate surface area is 227 Å². The maximum Gasteiger partial charge on any atom is 0.338 e. The van der Waals surface area contributed by atoms with Crippen LogP contribution >= 0.6 is 27.7 Å². The van der Waals surface area contributed by atoms with Crippen molar-refractivity contribution in [1.82, 2.24) is 0 Å². The molecule has 1 heterocycles. The standard InChI is InChI=1S/C28H22BrN3O4S/c1-2-36-28(35)19-10-14-21(15-11-19)31-25(33)23(17-30)27-32(22-6-4-3-5-7-22)26(34)24(37-27)16-18-8-12-20(29)13-9-18/h3-15,24H,2,16H2,1H3,(H,31,33)/b27-23-. The van der Waals surface area contributed by atoms with Crippen LogP contribution in [0.4, 0.5) is 11.4 Å². The van der Waals surface area contributed by atoms with Gasteiger partial charge < -0.3 is 10.1 Å². The first-order valence-electron chi connectivity index (χ1n) is 11.4. The minimum atomic E-state index is -0.646. The van der Waals surface area contributed by atoms with Gasteiger partial charge in [-0.2, -0.15) is 5.26 Å². The molecule has 1 unspecified atom stereocenters. The number of amides is 2. The van der Waals surface area contributed by atoms with Gasteiger partial charge in [-0.05, 0) is 67.4 Å². The number of esters is 1. The Hall–Kier alpha value is -3.87. The monoisotopic (exact) mass is 575 g/mol. The molecule has 0 saturated carbocycles. The van der Waals surface area contributed by atoms with E-state index in [1.807, 2.05) is 36.4 Å². The van der Waals surface area contributed by atoms with Gasteiger partial charge >= 0.3 is 5.97 Å². The number of nitriles is 1.